The van der Waals surface area contributed by atoms with Crippen LogP contribution in [0.3, 0.4) is 0 Å². The molecule has 2 aromatic rings. The van der Waals surface area contributed by atoms with Crippen molar-refractivity contribution in [2.24, 2.45) is 0 Å². The van der Waals surface area contributed by atoms with Crippen molar-refractivity contribution in [3.63, 3.8) is 0 Å². The molecule has 2 N–H and O–H groups in total. The van der Waals surface area contributed by atoms with Crippen molar-refractivity contribution in [1.29, 1.82) is 0 Å². The molecule has 5 heteroatoms. The molecule has 1 aromatic heterocycles. The van der Waals surface area contributed by atoms with Crippen LogP contribution in [0.25, 0.3) is 5.69 Å². The van der Waals surface area contributed by atoms with E-state index in [1.807, 2.05) is 10.9 Å². The summed E-state index contributed by atoms with van der Waals surface area (Å²) in [5.74, 6) is 0.752. The Labute approximate surface area is 132 Å². The van der Waals surface area contributed by atoms with Crippen LogP contribution in [0.5, 0.6) is 0 Å². The second kappa shape index (κ2) is 6.50. The lowest BCUT2D eigenvalue weighted by Gasteiger charge is -2.33. The fourth-order valence-corrected chi connectivity index (χ4v) is 2.91. The predicted molar refractivity (Wildman–Crippen MR) is 90.1 cm³/mol. The third kappa shape index (κ3) is 3.15. The lowest BCUT2D eigenvalue weighted by Crippen LogP contribution is -2.45. The van der Waals surface area contributed by atoms with Crippen LogP contribution < -0.4 is 5.73 Å². The molecule has 0 spiro atoms. The molecule has 1 aromatic carbocycles. The molecule has 0 bridgehead atoms. The molecule has 2 heterocycles. The largest absolute Gasteiger partial charge is 0.383 e. The van der Waals surface area contributed by atoms with Crippen molar-refractivity contribution in [3.05, 3.63) is 41.6 Å². The molecule has 118 valence electrons. The van der Waals surface area contributed by atoms with Gasteiger partial charge < -0.3 is 10.6 Å². The summed E-state index contributed by atoms with van der Waals surface area (Å²) in [5.41, 5.74) is 9.68. The molecule has 0 amide bonds. The maximum Gasteiger partial charge on any atom is 0.131 e. The molecule has 0 saturated carbocycles. The highest BCUT2D eigenvalue weighted by Gasteiger charge is 2.18. The number of aromatic nitrogens is 2. The first-order valence-electron chi connectivity index (χ1n) is 8.01. The van der Waals surface area contributed by atoms with Crippen LogP contribution in [0.15, 0.2) is 30.5 Å². The van der Waals surface area contributed by atoms with Gasteiger partial charge in [0.1, 0.15) is 5.82 Å². The summed E-state index contributed by atoms with van der Waals surface area (Å²) in [6.07, 6.45) is 1.90. The molecule has 1 aliphatic rings. The minimum absolute atomic E-state index is 0.752. The molecule has 0 unspecified atom stereocenters. The second-order valence-electron chi connectivity index (χ2n) is 6.01. The molecule has 5 nitrogen and oxygen atoms in total. The summed E-state index contributed by atoms with van der Waals surface area (Å²) in [6, 6.07) is 8.28. The number of likely N-dealkylation sites (N-methyl/N-ethyl adjacent to an activating group) is 1. The molecule has 3 rings (SSSR count). The van der Waals surface area contributed by atoms with Gasteiger partial charge >= 0.3 is 0 Å². The lowest BCUT2D eigenvalue weighted by molar-refractivity contribution is 0.132. The fourth-order valence-electron chi connectivity index (χ4n) is 2.91. The van der Waals surface area contributed by atoms with Gasteiger partial charge in [0.2, 0.25) is 0 Å². The van der Waals surface area contributed by atoms with Crippen molar-refractivity contribution >= 4 is 5.82 Å². The molecular formula is C17H25N5. The highest BCUT2D eigenvalue weighted by molar-refractivity contribution is 5.47. The maximum atomic E-state index is 6.31. The number of nitrogens with two attached hydrogens (primary N) is 1. The Balaban J connectivity index is 1.70. The van der Waals surface area contributed by atoms with E-state index >= 15 is 0 Å². The average Bonchev–Trinajstić information content (AvgIpc) is 2.90. The van der Waals surface area contributed by atoms with Gasteiger partial charge in [-0.3, -0.25) is 4.90 Å². The van der Waals surface area contributed by atoms with E-state index in [0.717, 1.165) is 56.3 Å². The van der Waals surface area contributed by atoms with E-state index in [0.29, 0.717) is 0 Å². The number of hydrogen-bond acceptors (Lipinski definition) is 4. The van der Waals surface area contributed by atoms with Gasteiger partial charge in [-0.2, -0.15) is 5.10 Å². The first kappa shape index (κ1) is 15.1. The lowest BCUT2D eigenvalue weighted by atomic mass is 10.2. The van der Waals surface area contributed by atoms with Gasteiger partial charge in [-0.15, -0.1) is 0 Å². The summed E-state index contributed by atoms with van der Waals surface area (Å²) < 4.78 is 1.83. The van der Waals surface area contributed by atoms with Gasteiger partial charge in [0.15, 0.2) is 0 Å². The minimum atomic E-state index is 0.752. The van der Waals surface area contributed by atoms with Gasteiger partial charge in [-0.1, -0.05) is 24.6 Å². The number of nitrogens with zero attached hydrogens (tertiary/aromatic N) is 4. The molecule has 0 aliphatic carbocycles. The second-order valence-corrected chi connectivity index (χ2v) is 6.01. The highest BCUT2D eigenvalue weighted by Crippen LogP contribution is 2.19. The SMILES string of the molecule is CCN1CCN(Cc2cnn(-c3ccc(C)cc3)c2N)CC1. The standard InChI is InChI=1S/C17H25N5/c1-3-20-8-10-21(11-9-20)13-15-12-19-22(17(15)18)16-6-4-14(2)5-7-16/h4-7,12H,3,8-11,13,18H2,1-2H3. The molecule has 22 heavy (non-hydrogen) atoms. The first-order chi connectivity index (χ1) is 10.7. The molecule has 0 atom stereocenters. The van der Waals surface area contributed by atoms with Gasteiger partial charge in [-0.05, 0) is 25.6 Å². The Morgan fingerprint density at radius 2 is 1.68 bits per heavy atom. The monoisotopic (exact) mass is 299 g/mol. The number of aryl methyl sites for hydroxylation is 1. The zero-order chi connectivity index (χ0) is 15.5. The third-order valence-electron chi connectivity index (χ3n) is 4.47. The topological polar surface area (TPSA) is 50.3 Å². The highest BCUT2D eigenvalue weighted by atomic mass is 15.3. The summed E-state index contributed by atoms with van der Waals surface area (Å²) in [7, 11) is 0. The van der Waals surface area contributed by atoms with Crippen molar-refractivity contribution in [2.45, 2.75) is 20.4 Å². The quantitative estimate of drug-likeness (QED) is 0.937. The Kier molecular flexibility index (Phi) is 4.45. The van der Waals surface area contributed by atoms with Crippen LogP contribution in [-0.2, 0) is 6.54 Å². The molecule has 1 saturated heterocycles. The number of nitrogen functional groups attached to an aromatic ring is 1. The average molecular weight is 299 g/mol. The number of piperazine rings is 1. The smallest absolute Gasteiger partial charge is 0.131 e. The van der Waals surface area contributed by atoms with Crippen molar-refractivity contribution in [1.82, 2.24) is 19.6 Å². The zero-order valence-electron chi connectivity index (χ0n) is 13.5. The first-order valence-corrected chi connectivity index (χ1v) is 8.01. The Morgan fingerprint density at radius 1 is 1.05 bits per heavy atom. The van der Waals surface area contributed by atoms with Crippen LogP contribution >= 0.6 is 0 Å². The number of rotatable bonds is 4. The van der Waals surface area contributed by atoms with E-state index in [-0.39, 0.29) is 0 Å². The summed E-state index contributed by atoms with van der Waals surface area (Å²) in [4.78, 5) is 4.94. The number of benzene rings is 1. The molecule has 1 fully saturated rings. The van der Waals surface area contributed by atoms with E-state index in [1.165, 1.54) is 5.56 Å². The summed E-state index contributed by atoms with van der Waals surface area (Å²) >= 11 is 0. The fraction of sp³-hybridized carbons (Fsp3) is 0.471. The number of anilines is 1. The summed E-state index contributed by atoms with van der Waals surface area (Å²) in [6.45, 7) is 10.8. The predicted octanol–water partition coefficient (Wildman–Crippen LogP) is 1.90. The molecule has 0 radical (unpaired) electrons. The Morgan fingerprint density at radius 3 is 2.32 bits per heavy atom. The van der Waals surface area contributed by atoms with Gasteiger partial charge in [0.25, 0.3) is 0 Å². The van der Waals surface area contributed by atoms with Gasteiger partial charge in [-0.25, -0.2) is 4.68 Å². The van der Waals surface area contributed by atoms with E-state index in [1.54, 1.807) is 0 Å². The van der Waals surface area contributed by atoms with E-state index < -0.39 is 0 Å². The van der Waals surface area contributed by atoms with Crippen LogP contribution in [-0.4, -0.2) is 52.3 Å². The maximum absolute atomic E-state index is 6.31. The van der Waals surface area contributed by atoms with Crippen molar-refractivity contribution in [2.75, 3.05) is 38.5 Å². The Hall–Kier alpha value is -1.85. The third-order valence-corrected chi connectivity index (χ3v) is 4.47. The van der Waals surface area contributed by atoms with Crippen LogP contribution in [0.4, 0.5) is 5.82 Å². The normalized spacial score (nSPS) is 17.0. The molecular weight excluding hydrogens is 274 g/mol. The van der Waals surface area contributed by atoms with E-state index in [4.69, 9.17) is 5.73 Å². The van der Waals surface area contributed by atoms with E-state index in [2.05, 4.69) is 53.0 Å². The van der Waals surface area contributed by atoms with Crippen LogP contribution in [0, 0.1) is 6.92 Å². The van der Waals surface area contributed by atoms with Gasteiger partial charge in [0.05, 0.1) is 11.9 Å². The van der Waals surface area contributed by atoms with Crippen molar-refractivity contribution in [3.8, 4) is 5.69 Å². The molecule has 1 aliphatic heterocycles. The van der Waals surface area contributed by atoms with E-state index in [9.17, 15) is 0 Å². The van der Waals surface area contributed by atoms with Crippen molar-refractivity contribution < 1.29 is 0 Å². The zero-order valence-corrected chi connectivity index (χ0v) is 13.5. The minimum Gasteiger partial charge on any atom is -0.383 e. The van der Waals surface area contributed by atoms with Gasteiger partial charge in [0, 0.05) is 38.3 Å². The summed E-state index contributed by atoms with van der Waals surface area (Å²) in [5, 5.41) is 4.47. The Bertz CT molecular complexity index is 608. The van der Waals surface area contributed by atoms with Crippen LogP contribution in [0.2, 0.25) is 0 Å². The number of hydrogen-bond donors (Lipinski definition) is 1. The van der Waals surface area contributed by atoms with Crippen LogP contribution in [0.1, 0.15) is 18.1 Å².